The average molecular weight is 336 g/mol. The Labute approximate surface area is 127 Å². The predicted octanol–water partition coefficient (Wildman–Crippen LogP) is 3.78. The zero-order chi connectivity index (χ0) is 14.4. The lowest BCUT2D eigenvalue weighted by Gasteiger charge is -2.08. The highest BCUT2D eigenvalue weighted by molar-refractivity contribution is 9.10. The minimum absolute atomic E-state index is 0.0350. The van der Waals surface area contributed by atoms with Crippen molar-refractivity contribution in [2.45, 2.75) is 26.3 Å². The van der Waals surface area contributed by atoms with E-state index in [1.807, 2.05) is 37.4 Å². The lowest BCUT2D eigenvalue weighted by molar-refractivity contribution is 0.302. The second-order valence-electron chi connectivity index (χ2n) is 4.75. The number of hydrogen-bond donors (Lipinski definition) is 0. The van der Waals surface area contributed by atoms with Gasteiger partial charge in [-0.2, -0.15) is 0 Å². The van der Waals surface area contributed by atoms with E-state index >= 15 is 0 Å². The lowest BCUT2D eigenvalue weighted by Crippen LogP contribution is -2.18. The number of aromatic nitrogens is 1. The van der Waals surface area contributed by atoms with Crippen molar-refractivity contribution in [3.8, 4) is 5.75 Å². The molecule has 0 saturated carbocycles. The van der Waals surface area contributed by atoms with Crippen LogP contribution in [0.1, 0.15) is 18.4 Å². The molecule has 2 rings (SSSR count). The van der Waals surface area contributed by atoms with Crippen LogP contribution in [0.15, 0.2) is 51.9 Å². The highest BCUT2D eigenvalue weighted by Gasteiger charge is 1.98. The second kappa shape index (κ2) is 7.29. The standard InChI is InChI=1S/C16H18BrNO2/c1-13-5-4-6-15(11-13)20-10-3-2-9-18-12-14(17)7-8-16(18)19/h4-8,11-12H,2-3,9-10H2,1H3. The van der Waals surface area contributed by atoms with Crippen LogP contribution >= 0.6 is 15.9 Å². The van der Waals surface area contributed by atoms with E-state index in [2.05, 4.69) is 15.9 Å². The van der Waals surface area contributed by atoms with Crippen molar-refractivity contribution in [3.05, 3.63) is 63.0 Å². The van der Waals surface area contributed by atoms with Crippen LogP contribution in [0, 0.1) is 6.92 Å². The van der Waals surface area contributed by atoms with E-state index in [4.69, 9.17) is 4.74 Å². The van der Waals surface area contributed by atoms with Crippen LogP contribution in [0.2, 0.25) is 0 Å². The van der Waals surface area contributed by atoms with Crippen molar-refractivity contribution in [3.63, 3.8) is 0 Å². The van der Waals surface area contributed by atoms with Crippen molar-refractivity contribution >= 4 is 15.9 Å². The second-order valence-corrected chi connectivity index (χ2v) is 5.67. The fraction of sp³-hybridized carbons (Fsp3) is 0.312. The Hall–Kier alpha value is -1.55. The van der Waals surface area contributed by atoms with Gasteiger partial charge in [-0.25, -0.2) is 0 Å². The maximum atomic E-state index is 11.6. The molecule has 0 N–H and O–H groups in total. The van der Waals surface area contributed by atoms with Crippen molar-refractivity contribution in [1.29, 1.82) is 0 Å². The molecule has 1 aromatic heterocycles. The number of aryl methyl sites for hydroxylation is 2. The number of unbranched alkanes of at least 4 members (excludes halogenated alkanes) is 1. The van der Waals surface area contributed by atoms with Crippen molar-refractivity contribution in [1.82, 2.24) is 4.57 Å². The summed E-state index contributed by atoms with van der Waals surface area (Å²) < 4.78 is 8.33. The maximum Gasteiger partial charge on any atom is 0.250 e. The number of benzene rings is 1. The molecule has 0 atom stereocenters. The molecular formula is C16H18BrNO2. The summed E-state index contributed by atoms with van der Waals surface area (Å²) in [6.07, 6.45) is 3.67. The van der Waals surface area contributed by atoms with E-state index in [9.17, 15) is 4.79 Å². The number of ether oxygens (including phenoxy) is 1. The quantitative estimate of drug-likeness (QED) is 0.752. The van der Waals surface area contributed by atoms with Crippen LogP contribution in [0.5, 0.6) is 5.75 Å². The van der Waals surface area contributed by atoms with Gasteiger partial charge >= 0.3 is 0 Å². The summed E-state index contributed by atoms with van der Waals surface area (Å²) in [5, 5.41) is 0. The van der Waals surface area contributed by atoms with Crippen molar-refractivity contribution in [2.75, 3.05) is 6.61 Å². The number of halogens is 1. The topological polar surface area (TPSA) is 31.2 Å². The Balaban J connectivity index is 1.74. The monoisotopic (exact) mass is 335 g/mol. The minimum Gasteiger partial charge on any atom is -0.494 e. The average Bonchev–Trinajstić information content (AvgIpc) is 2.42. The molecule has 0 spiro atoms. The zero-order valence-electron chi connectivity index (χ0n) is 11.5. The molecule has 1 heterocycles. The third kappa shape index (κ3) is 4.53. The number of nitrogens with zero attached hydrogens (tertiary/aromatic N) is 1. The predicted molar refractivity (Wildman–Crippen MR) is 84.3 cm³/mol. The van der Waals surface area contributed by atoms with Gasteiger partial charge in [-0.05, 0) is 59.5 Å². The molecule has 0 bridgehead atoms. The first-order valence-corrected chi connectivity index (χ1v) is 7.50. The van der Waals surface area contributed by atoms with Gasteiger partial charge < -0.3 is 9.30 Å². The van der Waals surface area contributed by atoms with Gasteiger partial charge in [-0.3, -0.25) is 4.79 Å². The summed E-state index contributed by atoms with van der Waals surface area (Å²) in [5.41, 5.74) is 1.23. The SMILES string of the molecule is Cc1cccc(OCCCCn2cc(Br)ccc2=O)c1. The first kappa shape index (κ1) is 14.9. The van der Waals surface area contributed by atoms with Crippen LogP contribution in [0.3, 0.4) is 0 Å². The first-order chi connectivity index (χ1) is 9.65. The Morgan fingerprint density at radius 3 is 2.85 bits per heavy atom. The third-order valence-corrected chi connectivity index (χ3v) is 3.47. The van der Waals surface area contributed by atoms with Crippen LogP contribution in [-0.2, 0) is 6.54 Å². The molecule has 0 unspecified atom stereocenters. The smallest absolute Gasteiger partial charge is 0.250 e. The van der Waals surface area contributed by atoms with E-state index in [0.29, 0.717) is 6.61 Å². The number of hydrogen-bond acceptors (Lipinski definition) is 2. The van der Waals surface area contributed by atoms with Crippen LogP contribution in [0.4, 0.5) is 0 Å². The highest BCUT2D eigenvalue weighted by atomic mass is 79.9. The van der Waals surface area contributed by atoms with Crippen LogP contribution < -0.4 is 10.3 Å². The molecule has 4 heteroatoms. The van der Waals surface area contributed by atoms with Gasteiger partial charge in [-0.15, -0.1) is 0 Å². The normalized spacial score (nSPS) is 10.5. The largest absolute Gasteiger partial charge is 0.494 e. The number of rotatable bonds is 6. The van der Waals surface area contributed by atoms with Gasteiger partial charge in [0.2, 0.25) is 0 Å². The fourth-order valence-electron chi connectivity index (χ4n) is 1.96. The Bertz CT molecular complexity index is 622. The molecule has 106 valence electrons. The summed E-state index contributed by atoms with van der Waals surface area (Å²) in [6, 6.07) is 11.4. The molecular weight excluding hydrogens is 318 g/mol. The molecule has 0 aliphatic carbocycles. The maximum absolute atomic E-state index is 11.6. The van der Waals surface area contributed by atoms with E-state index < -0.39 is 0 Å². The summed E-state index contributed by atoms with van der Waals surface area (Å²) in [4.78, 5) is 11.6. The molecule has 0 aliphatic heterocycles. The zero-order valence-corrected chi connectivity index (χ0v) is 13.1. The van der Waals surface area contributed by atoms with Crippen LogP contribution in [0.25, 0.3) is 0 Å². The van der Waals surface area contributed by atoms with Gasteiger partial charge in [0.1, 0.15) is 5.75 Å². The Kier molecular flexibility index (Phi) is 5.41. The summed E-state index contributed by atoms with van der Waals surface area (Å²) >= 11 is 3.37. The summed E-state index contributed by atoms with van der Waals surface area (Å²) in [5.74, 6) is 0.907. The molecule has 1 aromatic carbocycles. The molecule has 2 aromatic rings. The molecule has 0 radical (unpaired) electrons. The van der Waals surface area contributed by atoms with E-state index in [1.54, 1.807) is 16.7 Å². The molecule has 3 nitrogen and oxygen atoms in total. The molecule has 0 fully saturated rings. The van der Waals surface area contributed by atoms with Gasteiger partial charge in [0.25, 0.3) is 5.56 Å². The van der Waals surface area contributed by atoms with Gasteiger partial charge in [0.15, 0.2) is 0 Å². The molecule has 0 saturated heterocycles. The lowest BCUT2D eigenvalue weighted by atomic mass is 10.2. The third-order valence-electron chi connectivity index (χ3n) is 3.00. The van der Waals surface area contributed by atoms with Gasteiger partial charge in [-0.1, -0.05) is 12.1 Å². The highest BCUT2D eigenvalue weighted by Crippen LogP contribution is 2.13. The van der Waals surface area contributed by atoms with Crippen LogP contribution in [-0.4, -0.2) is 11.2 Å². The van der Waals surface area contributed by atoms with E-state index in [1.165, 1.54) is 5.56 Å². The fourth-order valence-corrected chi connectivity index (χ4v) is 2.34. The van der Waals surface area contributed by atoms with Crippen molar-refractivity contribution < 1.29 is 4.74 Å². The van der Waals surface area contributed by atoms with Gasteiger partial charge in [0, 0.05) is 23.3 Å². The Morgan fingerprint density at radius 2 is 2.05 bits per heavy atom. The minimum atomic E-state index is 0.0350. The van der Waals surface area contributed by atoms with Gasteiger partial charge in [0.05, 0.1) is 6.61 Å². The molecule has 20 heavy (non-hydrogen) atoms. The first-order valence-electron chi connectivity index (χ1n) is 6.70. The summed E-state index contributed by atoms with van der Waals surface area (Å²) in [6.45, 7) is 3.44. The Morgan fingerprint density at radius 1 is 1.20 bits per heavy atom. The number of pyridine rings is 1. The van der Waals surface area contributed by atoms with E-state index in [-0.39, 0.29) is 5.56 Å². The summed E-state index contributed by atoms with van der Waals surface area (Å²) in [7, 11) is 0. The molecule has 0 amide bonds. The molecule has 0 aliphatic rings. The van der Waals surface area contributed by atoms with Crippen molar-refractivity contribution in [2.24, 2.45) is 0 Å². The van der Waals surface area contributed by atoms with E-state index in [0.717, 1.165) is 29.6 Å².